The number of benzene rings is 1. The van der Waals surface area contributed by atoms with Gasteiger partial charge >= 0.3 is 0 Å². The van der Waals surface area contributed by atoms with E-state index in [2.05, 4.69) is 5.10 Å². The van der Waals surface area contributed by atoms with Gasteiger partial charge in [0.1, 0.15) is 11.3 Å². The predicted molar refractivity (Wildman–Crippen MR) is 73.4 cm³/mol. The topological polar surface area (TPSA) is 38.0 Å². The maximum atomic E-state index is 10.2. The molecule has 2 rings (SSSR count). The molecule has 0 amide bonds. The third kappa shape index (κ3) is 2.81. The molecule has 0 aliphatic rings. The summed E-state index contributed by atoms with van der Waals surface area (Å²) in [4.78, 5) is 0. The Morgan fingerprint density at radius 2 is 1.89 bits per heavy atom. The van der Waals surface area contributed by atoms with Crippen molar-refractivity contribution >= 4 is 34.8 Å². The predicted octanol–water partition coefficient (Wildman–Crippen LogP) is 3.89. The van der Waals surface area contributed by atoms with Crippen LogP contribution >= 0.6 is 34.8 Å². The van der Waals surface area contributed by atoms with Crippen molar-refractivity contribution in [3.8, 4) is 0 Å². The lowest BCUT2D eigenvalue weighted by Crippen LogP contribution is -2.11. The number of rotatable bonds is 3. The average molecular weight is 306 g/mol. The highest BCUT2D eigenvalue weighted by Gasteiger charge is 2.17. The van der Waals surface area contributed by atoms with Crippen LogP contribution in [0.5, 0.6) is 0 Å². The van der Waals surface area contributed by atoms with Crippen molar-refractivity contribution in [3.63, 3.8) is 0 Å². The van der Waals surface area contributed by atoms with E-state index in [1.165, 1.54) is 4.68 Å². The van der Waals surface area contributed by atoms with E-state index >= 15 is 0 Å². The van der Waals surface area contributed by atoms with Crippen molar-refractivity contribution in [2.75, 3.05) is 0 Å². The average Bonchev–Trinajstić information content (AvgIpc) is 2.57. The second-order valence-electron chi connectivity index (χ2n) is 3.94. The summed E-state index contributed by atoms with van der Waals surface area (Å²) in [5.74, 6) is 0. The zero-order chi connectivity index (χ0) is 13.3. The number of aliphatic hydroxyl groups excluding tert-OH is 1. The third-order valence-corrected chi connectivity index (χ3v) is 3.50. The van der Waals surface area contributed by atoms with Gasteiger partial charge in [0.05, 0.1) is 12.2 Å². The van der Waals surface area contributed by atoms with E-state index in [9.17, 15) is 5.11 Å². The van der Waals surface area contributed by atoms with Crippen LogP contribution in [0.3, 0.4) is 0 Å². The molecule has 1 aromatic heterocycles. The van der Waals surface area contributed by atoms with Gasteiger partial charge in [-0.05, 0) is 25.1 Å². The first-order valence-corrected chi connectivity index (χ1v) is 6.44. The second kappa shape index (κ2) is 5.49. The Morgan fingerprint density at radius 1 is 1.28 bits per heavy atom. The first-order chi connectivity index (χ1) is 8.49. The molecule has 0 aliphatic carbocycles. The number of hydrogen-bond acceptors (Lipinski definition) is 2. The summed E-state index contributed by atoms with van der Waals surface area (Å²) in [6.45, 7) is 2.04. The van der Waals surface area contributed by atoms with Gasteiger partial charge in [-0.2, -0.15) is 5.10 Å². The zero-order valence-corrected chi connectivity index (χ0v) is 11.8. The second-order valence-corrected chi connectivity index (χ2v) is 5.14. The minimum atomic E-state index is -0.858. The highest BCUT2D eigenvalue weighted by molar-refractivity contribution is 6.36. The SMILES string of the molecule is Cc1cc(Cl)n(C[C@H](O)c2c(Cl)cccc2Cl)n1. The molecule has 0 saturated heterocycles. The van der Waals surface area contributed by atoms with Crippen LogP contribution in [0.4, 0.5) is 0 Å². The number of nitrogens with zero attached hydrogens (tertiary/aromatic N) is 2. The summed E-state index contributed by atoms with van der Waals surface area (Å²) < 4.78 is 1.52. The van der Waals surface area contributed by atoms with Crippen molar-refractivity contribution < 1.29 is 5.11 Å². The summed E-state index contributed by atoms with van der Waals surface area (Å²) in [5, 5.41) is 15.7. The van der Waals surface area contributed by atoms with Crippen LogP contribution in [0.1, 0.15) is 17.4 Å². The lowest BCUT2D eigenvalue weighted by atomic mass is 10.1. The van der Waals surface area contributed by atoms with Crippen LogP contribution in [-0.4, -0.2) is 14.9 Å². The quantitative estimate of drug-likeness (QED) is 0.934. The molecular weight excluding hydrogens is 295 g/mol. The first kappa shape index (κ1) is 13.7. The third-order valence-electron chi connectivity index (χ3n) is 2.53. The van der Waals surface area contributed by atoms with Crippen LogP contribution in [-0.2, 0) is 6.54 Å². The summed E-state index contributed by atoms with van der Waals surface area (Å²) in [5.41, 5.74) is 1.28. The van der Waals surface area contributed by atoms with E-state index in [-0.39, 0.29) is 6.54 Å². The Morgan fingerprint density at radius 3 is 2.39 bits per heavy atom. The Labute approximate surface area is 120 Å². The van der Waals surface area contributed by atoms with E-state index in [4.69, 9.17) is 34.8 Å². The molecule has 2 aromatic rings. The van der Waals surface area contributed by atoms with Gasteiger partial charge in [0.25, 0.3) is 0 Å². The van der Waals surface area contributed by atoms with Crippen molar-refractivity contribution in [3.05, 3.63) is 50.7 Å². The lowest BCUT2D eigenvalue weighted by Gasteiger charge is -2.15. The Hall–Kier alpha value is -0.740. The highest BCUT2D eigenvalue weighted by atomic mass is 35.5. The van der Waals surface area contributed by atoms with E-state index in [0.717, 1.165) is 5.69 Å². The van der Waals surface area contributed by atoms with Gasteiger partial charge in [0, 0.05) is 15.6 Å². The fourth-order valence-corrected chi connectivity index (χ4v) is 2.64. The van der Waals surface area contributed by atoms with Gasteiger partial charge in [-0.3, -0.25) is 4.68 Å². The monoisotopic (exact) mass is 304 g/mol. The molecule has 0 radical (unpaired) electrons. The fraction of sp³-hybridized carbons (Fsp3) is 0.250. The molecule has 1 N–H and O–H groups in total. The largest absolute Gasteiger partial charge is 0.386 e. The normalized spacial score (nSPS) is 12.7. The molecule has 0 fully saturated rings. The number of hydrogen-bond donors (Lipinski definition) is 1. The Balaban J connectivity index is 2.27. The molecule has 1 heterocycles. The van der Waals surface area contributed by atoms with E-state index in [1.54, 1.807) is 24.3 Å². The standard InChI is InChI=1S/C12H11Cl3N2O/c1-7-5-11(15)17(16-7)6-10(18)12-8(13)3-2-4-9(12)14/h2-5,10,18H,6H2,1H3/t10-/m0/s1. The van der Waals surface area contributed by atoms with Gasteiger partial charge in [-0.1, -0.05) is 40.9 Å². The summed E-state index contributed by atoms with van der Waals surface area (Å²) in [6.07, 6.45) is -0.858. The van der Waals surface area contributed by atoms with Crippen LogP contribution < -0.4 is 0 Å². The van der Waals surface area contributed by atoms with Crippen LogP contribution in [0.15, 0.2) is 24.3 Å². The number of aromatic nitrogens is 2. The minimum Gasteiger partial charge on any atom is -0.386 e. The van der Waals surface area contributed by atoms with Gasteiger partial charge in [-0.15, -0.1) is 0 Å². The molecule has 0 bridgehead atoms. The molecule has 6 heteroatoms. The molecule has 0 spiro atoms. The summed E-state index contributed by atoms with van der Waals surface area (Å²) >= 11 is 18.0. The molecular formula is C12H11Cl3N2O. The molecule has 96 valence electrons. The molecule has 1 atom stereocenters. The fourth-order valence-electron chi connectivity index (χ4n) is 1.73. The molecule has 0 aliphatic heterocycles. The highest BCUT2D eigenvalue weighted by Crippen LogP contribution is 2.31. The summed E-state index contributed by atoms with van der Waals surface area (Å²) in [7, 11) is 0. The minimum absolute atomic E-state index is 0.204. The van der Waals surface area contributed by atoms with Crippen molar-refractivity contribution in [2.24, 2.45) is 0 Å². The Kier molecular flexibility index (Phi) is 4.17. The van der Waals surface area contributed by atoms with Gasteiger partial charge in [-0.25, -0.2) is 0 Å². The van der Waals surface area contributed by atoms with Crippen LogP contribution in [0, 0.1) is 6.92 Å². The van der Waals surface area contributed by atoms with Gasteiger partial charge < -0.3 is 5.11 Å². The molecule has 0 unspecified atom stereocenters. The first-order valence-electron chi connectivity index (χ1n) is 5.31. The van der Waals surface area contributed by atoms with Crippen molar-refractivity contribution in [1.82, 2.24) is 9.78 Å². The van der Waals surface area contributed by atoms with Crippen LogP contribution in [0.2, 0.25) is 15.2 Å². The van der Waals surface area contributed by atoms with Gasteiger partial charge in [0.15, 0.2) is 0 Å². The van der Waals surface area contributed by atoms with E-state index in [1.807, 2.05) is 6.92 Å². The van der Waals surface area contributed by atoms with Gasteiger partial charge in [0.2, 0.25) is 0 Å². The van der Waals surface area contributed by atoms with E-state index in [0.29, 0.717) is 20.8 Å². The maximum absolute atomic E-state index is 10.2. The van der Waals surface area contributed by atoms with Crippen molar-refractivity contribution in [2.45, 2.75) is 19.6 Å². The van der Waals surface area contributed by atoms with Crippen molar-refractivity contribution in [1.29, 1.82) is 0 Å². The smallest absolute Gasteiger partial charge is 0.127 e. The number of aliphatic hydroxyl groups is 1. The van der Waals surface area contributed by atoms with Crippen LogP contribution in [0.25, 0.3) is 0 Å². The molecule has 3 nitrogen and oxygen atoms in total. The molecule has 1 aromatic carbocycles. The lowest BCUT2D eigenvalue weighted by molar-refractivity contribution is 0.151. The summed E-state index contributed by atoms with van der Waals surface area (Å²) in [6, 6.07) is 6.82. The maximum Gasteiger partial charge on any atom is 0.127 e. The number of halogens is 3. The zero-order valence-electron chi connectivity index (χ0n) is 9.57. The molecule has 0 saturated carbocycles. The Bertz CT molecular complexity index is 548. The van der Waals surface area contributed by atoms with E-state index < -0.39 is 6.10 Å². The number of aryl methyl sites for hydroxylation is 1. The molecule has 18 heavy (non-hydrogen) atoms.